The molecule has 0 aromatic rings. The highest BCUT2D eigenvalue weighted by atomic mass is 16.4. The van der Waals surface area contributed by atoms with Gasteiger partial charge in [-0.3, -0.25) is 4.79 Å². The van der Waals surface area contributed by atoms with Crippen molar-refractivity contribution in [1.82, 2.24) is 4.90 Å². The summed E-state index contributed by atoms with van der Waals surface area (Å²) in [4.78, 5) is 21.6. The highest BCUT2D eigenvalue weighted by molar-refractivity contribution is 5.79. The van der Waals surface area contributed by atoms with Crippen LogP contribution in [0.5, 0.6) is 0 Å². The van der Waals surface area contributed by atoms with E-state index >= 15 is 0 Å². The first kappa shape index (κ1) is 7.94. The number of likely N-dealkylation sites (N-methyl/N-ethyl adjacent to an activating group) is 1. The molecule has 0 aliphatic carbocycles. The minimum Gasteiger partial charge on any atom is -0.563 e. The van der Waals surface area contributed by atoms with E-state index in [9.17, 15) is 9.59 Å². The molecule has 0 aromatic carbocycles. The average Bonchev–Trinajstić information content (AvgIpc) is 1.63. The predicted octanol–water partition coefficient (Wildman–Crippen LogP) is -1.28. The van der Waals surface area contributed by atoms with Gasteiger partial charge in [0, 0.05) is 18.8 Å². The highest BCUT2D eigenvalue weighted by Crippen LogP contribution is 1.80. The van der Waals surface area contributed by atoms with Crippen LogP contribution in [0.15, 0.2) is 0 Å². The zero-order valence-corrected chi connectivity index (χ0v) is 5.47. The highest BCUT2D eigenvalue weighted by Gasteiger charge is 2.11. The van der Waals surface area contributed by atoms with Crippen LogP contribution in [0.1, 0.15) is 6.92 Å². The summed E-state index contributed by atoms with van der Waals surface area (Å²) in [7, 11) is 1.48. The minimum atomic E-state index is -0.743. The fourth-order valence-corrected chi connectivity index (χ4v) is 0.327. The molecule has 0 rings (SSSR count). The first-order chi connectivity index (χ1) is 4.04. The molecular weight excluding hydrogens is 122 g/mol. The van der Waals surface area contributed by atoms with E-state index in [0.29, 0.717) is 0 Å². The van der Waals surface area contributed by atoms with Crippen LogP contribution in [0.4, 0.5) is 0 Å². The van der Waals surface area contributed by atoms with Crippen molar-refractivity contribution in [2.45, 2.75) is 6.92 Å². The van der Waals surface area contributed by atoms with Crippen LogP contribution >= 0.6 is 0 Å². The summed E-state index contributed by atoms with van der Waals surface area (Å²) < 4.78 is 0. The van der Waals surface area contributed by atoms with Gasteiger partial charge in [0.15, 0.2) is 6.54 Å². The van der Waals surface area contributed by atoms with Crippen LogP contribution in [0.25, 0.3) is 0 Å². The molecule has 0 saturated carbocycles. The Morgan fingerprint density at radius 2 is 2.00 bits per heavy atom. The lowest BCUT2D eigenvalue weighted by atomic mass is 10.5. The molecular formula is C5H10NO3+. The van der Waals surface area contributed by atoms with Gasteiger partial charge in [0.1, 0.15) is 0 Å². The Kier molecular flexibility index (Phi) is 2.70. The number of rotatable bonds is 2. The quantitative estimate of drug-likeness (QED) is 0.439. The van der Waals surface area contributed by atoms with Gasteiger partial charge in [-0.15, -0.1) is 0 Å². The van der Waals surface area contributed by atoms with Gasteiger partial charge in [-0.25, -0.2) is 0 Å². The van der Waals surface area contributed by atoms with Gasteiger partial charge < -0.3 is 10.0 Å². The standard InChI is InChI=1S/C5H9NO3/c1-4(7)6(2)3-5(8)9/h3H2,1-2H3,(H,8,9)/p+1. The molecule has 4 nitrogen and oxygen atoms in total. The summed E-state index contributed by atoms with van der Waals surface area (Å²) in [6, 6.07) is 0. The van der Waals surface area contributed by atoms with Crippen LogP contribution in [-0.4, -0.2) is 35.5 Å². The molecule has 0 radical (unpaired) electrons. The number of hydrogen-bond acceptors (Lipinski definition) is 2. The van der Waals surface area contributed by atoms with Crippen molar-refractivity contribution in [1.29, 1.82) is 0 Å². The maximum absolute atomic E-state index is 10.4. The van der Waals surface area contributed by atoms with E-state index in [1.807, 2.05) is 0 Å². The third kappa shape index (κ3) is 3.52. The zero-order valence-electron chi connectivity index (χ0n) is 5.47. The van der Waals surface area contributed by atoms with E-state index in [1.54, 1.807) is 0 Å². The first-order valence-electron chi connectivity index (χ1n) is 2.50. The Morgan fingerprint density at radius 1 is 1.56 bits per heavy atom. The van der Waals surface area contributed by atoms with E-state index in [1.165, 1.54) is 18.9 Å². The van der Waals surface area contributed by atoms with Gasteiger partial charge in [-0.1, -0.05) is 0 Å². The number of carbonyl (C=O) groups excluding carboxylic acids is 2. The van der Waals surface area contributed by atoms with E-state index in [0.717, 1.165) is 0 Å². The Bertz CT molecular complexity index is 132. The van der Waals surface area contributed by atoms with Gasteiger partial charge in [0.05, 0.1) is 0 Å². The van der Waals surface area contributed by atoms with Crippen molar-refractivity contribution in [2.75, 3.05) is 13.6 Å². The summed E-state index contributed by atoms with van der Waals surface area (Å²) in [5.41, 5.74) is 0. The Balaban J connectivity index is 3.63. The summed E-state index contributed by atoms with van der Waals surface area (Å²) in [5.74, 6) is -0.941. The molecule has 0 heterocycles. The van der Waals surface area contributed by atoms with E-state index in [-0.39, 0.29) is 12.5 Å². The van der Waals surface area contributed by atoms with E-state index < -0.39 is 5.97 Å². The summed E-state index contributed by atoms with van der Waals surface area (Å²) >= 11 is 0. The monoisotopic (exact) mass is 132 g/mol. The number of carbonyl (C=O) groups is 2. The number of hydrogen-bond donors (Lipinski definition) is 0. The molecule has 4 heteroatoms. The molecule has 1 amide bonds. The molecule has 0 aliphatic heterocycles. The first-order valence-corrected chi connectivity index (χ1v) is 2.50. The fourth-order valence-electron chi connectivity index (χ4n) is 0.327. The van der Waals surface area contributed by atoms with Gasteiger partial charge in [0.25, 0.3) is 0 Å². The molecule has 0 spiro atoms. The fraction of sp³-hybridized carbons (Fsp3) is 0.600. The Hall–Kier alpha value is -1.06. The number of nitrogens with zero attached hydrogens (tertiary/aromatic N) is 1. The third-order valence-electron chi connectivity index (χ3n) is 0.918. The van der Waals surface area contributed by atoms with Crippen LogP contribution in [0.3, 0.4) is 0 Å². The second-order valence-corrected chi connectivity index (χ2v) is 1.80. The van der Waals surface area contributed by atoms with Gasteiger partial charge in [0.2, 0.25) is 5.91 Å². The largest absolute Gasteiger partial charge is 0.563 e. The van der Waals surface area contributed by atoms with Gasteiger partial charge in [-0.05, 0) is 0 Å². The van der Waals surface area contributed by atoms with E-state index in [4.69, 9.17) is 5.11 Å². The zero-order chi connectivity index (χ0) is 7.44. The molecule has 0 atom stereocenters. The molecule has 0 saturated heterocycles. The topological polar surface area (TPSA) is 60.3 Å². The lowest BCUT2D eigenvalue weighted by Crippen LogP contribution is -2.29. The molecule has 9 heavy (non-hydrogen) atoms. The van der Waals surface area contributed by atoms with Crippen LogP contribution in [-0.2, 0) is 9.59 Å². The average molecular weight is 132 g/mol. The van der Waals surface area contributed by atoms with Crippen molar-refractivity contribution in [2.24, 2.45) is 0 Å². The summed E-state index contributed by atoms with van der Waals surface area (Å²) in [6.45, 7) is 1.23. The second-order valence-electron chi connectivity index (χ2n) is 1.80. The molecule has 0 bridgehead atoms. The van der Waals surface area contributed by atoms with Crippen molar-refractivity contribution >= 4 is 11.9 Å². The molecule has 0 aliphatic rings. The van der Waals surface area contributed by atoms with Crippen molar-refractivity contribution in [3.63, 3.8) is 0 Å². The van der Waals surface area contributed by atoms with Crippen LogP contribution in [0, 0.1) is 0 Å². The SMILES string of the molecule is CC(=O)N(C)CC(=O)[OH2+]. The molecule has 0 unspecified atom stereocenters. The van der Waals surface area contributed by atoms with Crippen molar-refractivity contribution < 1.29 is 14.7 Å². The van der Waals surface area contributed by atoms with Crippen LogP contribution < -0.4 is 0 Å². The lowest BCUT2D eigenvalue weighted by molar-refractivity contribution is -0.142. The molecule has 2 N–H and O–H groups in total. The second kappa shape index (κ2) is 3.06. The van der Waals surface area contributed by atoms with Gasteiger partial charge in [-0.2, -0.15) is 0 Å². The Labute approximate surface area is 53.1 Å². The minimum absolute atomic E-state index is 0.116. The summed E-state index contributed by atoms with van der Waals surface area (Å²) in [6.07, 6.45) is 0. The van der Waals surface area contributed by atoms with Crippen LogP contribution in [0.2, 0.25) is 0 Å². The smallest absolute Gasteiger partial charge is 0.535 e. The number of amides is 1. The normalized spacial score (nSPS) is 8.67. The van der Waals surface area contributed by atoms with Crippen molar-refractivity contribution in [3.05, 3.63) is 0 Å². The summed E-state index contributed by atoms with van der Waals surface area (Å²) in [5, 5.41) is 6.47. The molecule has 0 fully saturated rings. The Morgan fingerprint density at radius 3 is 2.11 bits per heavy atom. The maximum atomic E-state index is 10.4. The predicted molar refractivity (Wildman–Crippen MR) is 31.9 cm³/mol. The van der Waals surface area contributed by atoms with E-state index in [2.05, 4.69) is 0 Å². The third-order valence-corrected chi connectivity index (χ3v) is 0.918. The van der Waals surface area contributed by atoms with Crippen molar-refractivity contribution in [3.8, 4) is 0 Å². The lowest BCUT2D eigenvalue weighted by Gasteiger charge is -2.07. The molecule has 52 valence electrons. The van der Waals surface area contributed by atoms with Gasteiger partial charge >= 0.3 is 5.97 Å². The molecule has 0 aromatic heterocycles. The maximum Gasteiger partial charge on any atom is 0.535 e.